The number of H-pyrrole nitrogens is 1. The van der Waals surface area contributed by atoms with Gasteiger partial charge in [0.25, 0.3) is 0 Å². The number of halogens is 3. The first-order valence-corrected chi connectivity index (χ1v) is 9.93. The third-order valence-electron chi connectivity index (χ3n) is 5.41. The largest absolute Gasteiger partial charge is 0.363 e. The second-order valence-electron chi connectivity index (χ2n) is 7.29. The molecule has 158 valence electrons. The lowest BCUT2D eigenvalue weighted by atomic mass is 10.1. The number of carbonyl (C=O) groups excluding carboxylic acids is 1. The van der Waals surface area contributed by atoms with Crippen molar-refractivity contribution in [3.05, 3.63) is 62.8 Å². The van der Waals surface area contributed by atoms with Gasteiger partial charge in [-0.25, -0.2) is 8.78 Å². The number of amides is 1. The van der Waals surface area contributed by atoms with Gasteiger partial charge in [-0.2, -0.15) is 5.26 Å². The van der Waals surface area contributed by atoms with Crippen LogP contribution < -0.4 is 10.3 Å². The number of aromatic amines is 1. The molecular weight excluding hydrogens is 426 g/mol. The van der Waals surface area contributed by atoms with Crippen LogP contribution >= 0.6 is 11.6 Å². The molecule has 1 fully saturated rings. The number of fused-ring (bicyclic) bond motifs is 1. The number of hydrogen-bond donors (Lipinski definition) is 1. The van der Waals surface area contributed by atoms with Crippen molar-refractivity contribution < 1.29 is 13.6 Å². The van der Waals surface area contributed by atoms with Gasteiger partial charge in [0.05, 0.1) is 28.2 Å². The van der Waals surface area contributed by atoms with E-state index in [4.69, 9.17) is 16.9 Å². The smallest absolute Gasteiger partial charge is 0.219 e. The van der Waals surface area contributed by atoms with Gasteiger partial charge in [-0.3, -0.25) is 9.59 Å². The molecule has 4 rings (SSSR count). The fourth-order valence-corrected chi connectivity index (χ4v) is 4.03. The number of piperazine rings is 1. The van der Waals surface area contributed by atoms with Crippen LogP contribution in [-0.4, -0.2) is 42.0 Å². The predicted octanol–water partition coefficient (Wildman–Crippen LogP) is 3.67. The molecule has 1 aliphatic rings. The number of nitrogens with one attached hydrogen (secondary N) is 1. The number of benzene rings is 2. The van der Waals surface area contributed by atoms with Crippen molar-refractivity contribution in [3.63, 3.8) is 0 Å². The van der Waals surface area contributed by atoms with E-state index in [1.54, 1.807) is 4.90 Å². The third kappa shape index (κ3) is 3.73. The van der Waals surface area contributed by atoms with E-state index in [-0.39, 0.29) is 46.3 Å². The first-order chi connectivity index (χ1) is 14.8. The monoisotopic (exact) mass is 442 g/mol. The van der Waals surface area contributed by atoms with Crippen molar-refractivity contribution in [1.29, 1.82) is 5.26 Å². The van der Waals surface area contributed by atoms with Crippen LogP contribution in [0.3, 0.4) is 0 Å². The zero-order valence-corrected chi connectivity index (χ0v) is 17.3. The summed E-state index contributed by atoms with van der Waals surface area (Å²) in [6.07, 6.45) is 0. The Bertz CT molecular complexity index is 1310. The molecule has 0 saturated carbocycles. The number of carbonyl (C=O) groups is 1. The Morgan fingerprint density at radius 1 is 1.16 bits per heavy atom. The van der Waals surface area contributed by atoms with Crippen LogP contribution in [-0.2, 0) is 4.79 Å². The topological polar surface area (TPSA) is 80.2 Å². The van der Waals surface area contributed by atoms with E-state index in [9.17, 15) is 14.0 Å². The second kappa shape index (κ2) is 8.00. The molecule has 9 heteroatoms. The second-order valence-corrected chi connectivity index (χ2v) is 7.70. The zero-order chi connectivity index (χ0) is 22.3. The SMILES string of the molecule is CC(=O)N1CCN(c2c(F)cc3[nH]c(-c4cc(C#N)ccc4Cl)cc(=O)c3c2F)CC1. The summed E-state index contributed by atoms with van der Waals surface area (Å²) < 4.78 is 30.2. The summed E-state index contributed by atoms with van der Waals surface area (Å²) in [4.78, 5) is 30.3. The summed E-state index contributed by atoms with van der Waals surface area (Å²) in [6, 6.07) is 8.79. The summed E-state index contributed by atoms with van der Waals surface area (Å²) in [5.74, 6) is -1.86. The third-order valence-corrected chi connectivity index (χ3v) is 5.74. The number of aromatic nitrogens is 1. The standard InChI is InChI=1S/C22H17ClF2N4O2/c1-12(30)28-4-6-29(7-5-28)22-16(24)9-18-20(21(22)25)19(31)10-17(27-18)14-8-13(11-26)2-3-15(14)23/h2-3,8-10H,4-7H2,1H3,(H,27,31). The van der Waals surface area contributed by atoms with Gasteiger partial charge in [-0.15, -0.1) is 0 Å². The average molecular weight is 443 g/mol. The van der Waals surface area contributed by atoms with Gasteiger partial charge in [-0.1, -0.05) is 11.6 Å². The van der Waals surface area contributed by atoms with Crippen LogP contribution in [0.2, 0.25) is 5.02 Å². The van der Waals surface area contributed by atoms with Crippen LogP contribution in [0.25, 0.3) is 22.2 Å². The lowest BCUT2D eigenvalue weighted by Gasteiger charge is -2.36. The van der Waals surface area contributed by atoms with Crippen LogP contribution in [0.15, 0.2) is 35.1 Å². The molecule has 2 aromatic carbocycles. The van der Waals surface area contributed by atoms with Crippen LogP contribution in [0.4, 0.5) is 14.5 Å². The molecule has 1 amide bonds. The molecule has 1 saturated heterocycles. The van der Waals surface area contributed by atoms with Gasteiger partial charge < -0.3 is 14.8 Å². The molecule has 3 aromatic rings. The molecule has 6 nitrogen and oxygen atoms in total. The molecule has 1 N–H and O–H groups in total. The Balaban J connectivity index is 1.81. The lowest BCUT2D eigenvalue weighted by Crippen LogP contribution is -2.48. The molecule has 1 aliphatic heterocycles. The van der Waals surface area contributed by atoms with E-state index < -0.39 is 17.1 Å². The van der Waals surface area contributed by atoms with Crippen LogP contribution in [0.1, 0.15) is 12.5 Å². The van der Waals surface area contributed by atoms with Gasteiger partial charge in [0, 0.05) is 55.8 Å². The van der Waals surface area contributed by atoms with Crippen LogP contribution in [0.5, 0.6) is 0 Å². The highest BCUT2D eigenvalue weighted by molar-refractivity contribution is 6.33. The van der Waals surface area contributed by atoms with E-state index in [2.05, 4.69) is 4.98 Å². The summed E-state index contributed by atoms with van der Waals surface area (Å²) >= 11 is 6.20. The van der Waals surface area contributed by atoms with E-state index in [0.717, 1.165) is 6.07 Å². The molecule has 2 heterocycles. The number of hydrogen-bond acceptors (Lipinski definition) is 4. The van der Waals surface area contributed by atoms with Crippen LogP contribution in [0, 0.1) is 23.0 Å². The lowest BCUT2D eigenvalue weighted by molar-refractivity contribution is -0.129. The van der Waals surface area contributed by atoms with Gasteiger partial charge in [0.1, 0.15) is 5.69 Å². The Morgan fingerprint density at radius 3 is 2.52 bits per heavy atom. The van der Waals surface area contributed by atoms with Crippen molar-refractivity contribution in [3.8, 4) is 17.3 Å². The average Bonchev–Trinajstić information content (AvgIpc) is 2.73. The first kappa shape index (κ1) is 20.8. The van der Waals surface area contributed by atoms with Crippen molar-refractivity contribution in [2.45, 2.75) is 6.92 Å². The molecule has 0 atom stereocenters. The van der Waals surface area contributed by atoms with Gasteiger partial charge in [0.2, 0.25) is 5.91 Å². The van der Waals surface area contributed by atoms with Gasteiger partial charge in [-0.05, 0) is 18.2 Å². The maximum Gasteiger partial charge on any atom is 0.219 e. The van der Waals surface area contributed by atoms with Crippen molar-refractivity contribution in [2.24, 2.45) is 0 Å². The number of anilines is 1. The fraction of sp³-hybridized carbons (Fsp3) is 0.227. The van der Waals surface area contributed by atoms with Crippen molar-refractivity contribution in [1.82, 2.24) is 9.88 Å². The highest BCUT2D eigenvalue weighted by Gasteiger charge is 2.26. The normalized spacial score (nSPS) is 14.0. The summed E-state index contributed by atoms with van der Waals surface area (Å²) in [5, 5.41) is 9.13. The molecule has 0 spiro atoms. The quantitative estimate of drug-likeness (QED) is 0.656. The van der Waals surface area contributed by atoms with Crippen molar-refractivity contribution >= 4 is 34.1 Å². The molecule has 0 bridgehead atoms. The molecule has 0 aliphatic carbocycles. The Hall–Kier alpha value is -3.44. The highest BCUT2D eigenvalue weighted by Crippen LogP contribution is 2.32. The number of nitrogens with zero attached hydrogens (tertiary/aromatic N) is 3. The van der Waals surface area contributed by atoms with E-state index in [1.165, 1.54) is 36.1 Å². The van der Waals surface area contributed by atoms with Crippen molar-refractivity contribution in [2.75, 3.05) is 31.1 Å². The Morgan fingerprint density at radius 2 is 1.87 bits per heavy atom. The minimum atomic E-state index is -0.948. The molecule has 0 unspecified atom stereocenters. The first-order valence-electron chi connectivity index (χ1n) is 9.55. The summed E-state index contributed by atoms with van der Waals surface area (Å²) in [6.45, 7) is 2.64. The van der Waals surface area contributed by atoms with E-state index in [1.807, 2.05) is 6.07 Å². The molecule has 0 radical (unpaired) electrons. The maximum atomic E-state index is 15.3. The number of rotatable bonds is 2. The van der Waals surface area contributed by atoms with Gasteiger partial charge >= 0.3 is 0 Å². The molecule has 31 heavy (non-hydrogen) atoms. The number of pyridine rings is 1. The zero-order valence-electron chi connectivity index (χ0n) is 16.5. The predicted molar refractivity (Wildman–Crippen MR) is 114 cm³/mol. The van der Waals surface area contributed by atoms with Gasteiger partial charge in [0.15, 0.2) is 17.1 Å². The maximum absolute atomic E-state index is 15.3. The minimum absolute atomic E-state index is 0.0120. The summed E-state index contributed by atoms with van der Waals surface area (Å²) in [7, 11) is 0. The minimum Gasteiger partial charge on any atom is -0.363 e. The molecule has 1 aromatic heterocycles. The number of nitriles is 1. The highest BCUT2D eigenvalue weighted by atomic mass is 35.5. The summed E-state index contributed by atoms with van der Waals surface area (Å²) in [5.41, 5.74) is 0.0350. The van der Waals surface area contributed by atoms with E-state index >= 15 is 4.39 Å². The fourth-order valence-electron chi connectivity index (χ4n) is 3.81. The Labute approximate surface area is 181 Å². The Kier molecular flexibility index (Phi) is 5.38. The molecular formula is C22H17ClF2N4O2. The van der Waals surface area contributed by atoms with E-state index in [0.29, 0.717) is 24.2 Å².